The van der Waals surface area contributed by atoms with Crippen molar-refractivity contribution in [1.29, 1.82) is 0 Å². The van der Waals surface area contributed by atoms with Crippen LogP contribution in [0.4, 0.5) is 11.9 Å². The van der Waals surface area contributed by atoms with E-state index in [0.29, 0.717) is 29.5 Å². The summed E-state index contributed by atoms with van der Waals surface area (Å²) in [5.41, 5.74) is 14.4. The van der Waals surface area contributed by atoms with E-state index in [1.54, 1.807) is 18.5 Å². The van der Waals surface area contributed by atoms with Gasteiger partial charge >= 0.3 is 0 Å². The molecular formula is C18H20ClN9. The number of hydrogen-bond acceptors (Lipinski definition) is 8. The number of benzene rings is 1. The number of aromatic amines is 1. The third-order valence-corrected chi connectivity index (χ3v) is 4.20. The maximum Gasteiger partial charge on any atom is 0.223 e. The molecular weight excluding hydrogens is 378 g/mol. The van der Waals surface area contributed by atoms with Crippen LogP contribution in [0.2, 0.25) is 0 Å². The summed E-state index contributed by atoms with van der Waals surface area (Å²) < 4.78 is 0. The summed E-state index contributed by atoms with van der Waals surface area (Å²) in [4.78, 5) is 17.1. The van der Waals surface area contributed by atoms with E-state index in [1.165, 1.54) is 0 Å². The molecule has 0 aliphatic heterocycles. The van der Waals surface area contributed by atoms with Gasteiger partial charge in [-0.2, -0.15) is 10.1 Å². The second kappa shape index (κ2) is 8.59. The first kappa shape index (κ1) is 19.5. The van der Waals surface area contributed by atoms with Crippen molar-refractivity contribution in [3.8, 4) is 11.4 Å². The highest BCUT2D eigenvalue weighted by Gasteiger charge is 2.15. The number of rotatable bonds is 6. The van der Waals surface area contributed by atoms with Crippen LogP contribution < -0.4 is 16.8 Å². The van der Waals surface area contributed by atoms with Gasteiger partial charge in [0.2, 0.25) is 11.9 Å². The summed E-state index contributed by atoms with van der Waals surface area (Å²) in [7, 11) is 0. The molecule has 0 aliphatic carbocycles. The number of anilines is 2. The minimum Gasteiger partial charge on any atom is -0.368 e. The van der Waals surface area contributed by atoms with E-state index in [9.17, 15) is 0 Å². The van der Waals surface area contributed by atoms with Crippen molar-refractivity contribution >= 4 is 35.3 Å². The zero-order valence-corrected chi connectivity index (χ0v) is 15.7. The van der Waals surface area contributed by atoms with Crippen LogP contribution in [-0.4, -0.2) is 36.7 Å². The smallest absolute Gasteiger partial charge is 0.223 e. The number of nitrogen functional groups attached to an aromatic ring is 1. The normalized spacial score (nSPS) is 11.8. The van der Waals surface area contributed by atoms with Gasteiger partial charge in [-0.15, -0.1) is 12.4 Å². The molecule has 0 radical (unpaired) electrons. The van der Waals surface area contributed by atoms with Gasteiger partial charge in [0, 0.05) is 12.4 Å². The summed E-state index contributed by atoms with van der Waals surface area (Å²) in [6.45, 7) is 0.552. The Bertz CT molecular complexity index is 1050. The predicted molar refractivity (Wildman–Crippen MR) is 111 cm³/mol. The van der Waals surface area contributed by atoms with E-state index in [1.807, 2.05) is 18.2 Å². The van der Waals surface area contributed by atoms with E-state index in [4.69, 9.17) is 11.5 Å². The van der Waals surface area contributed by atoms with Crippen LogP contribution in [0.15, 0.2) is 48.8 Å². The molecule has 6 N–H and O–H groups in total. The van der Waals surface area contributed by atoms with Crippen LogP contribution in [0.3, 0.4) is 0 Å². The lowest BCUT2D eigenvalue weighted by Crippen LogP contribution is -2.17. The Labute approximate surface area is 167 Å². The molecule has 1 unspecified atom stereocenters. The fourth-order valence-corrected chi connectivity index (χ4v) is 2.91. The highest BCUT2D eigenvalue weighted by atomic mass is 35.5. The Hall–Kier alpha value is -3.30. The van der Waals surface area contributed by atoms with Gasteiger partial charge in [-0.05, 0) is 24.6 Å². The molecule has 3 aromatic heterocycles. The number of fused-ring (bicyclic) bond motifs is 1. The lowest BCUT2D eigenvalue weighted by atomic mass is 10.0. The van der Waals surface area contributed by atoms with Crippen molar-refractivity contribution in [1.82, 2.24) is 30.1 Å². The molecule has 0 aliphatic rings. The molecule has 0 fully saturated rings. The number of halogens is 1. The fourth-order valence-electron chi connectivity index (χ4n) is 2.91. The van der Waals surface area contributed by atoms with Gasteiger partial charge in [0.15, 0.2) is 5.65 Å². The van der Waals surface area contributed by atoms with E-state index < -0.39 is 0 Å². The summed E-state index contributed by atoms with van der Waals surface area (Å²) in [6, 6.07) is 11.9. The van der Waals surface area contributed by atoms with Crippen molar-refractivity contribution < 1.29 is 0 Å². The molecule has 0 bridgehead atoms. The van der Waals surface area contributed by atoms with Crippen molar-refractivity contribution in [2.24, 2.45) is 5.73 Å². The van der Waals surface area contributed by atoms with E-state index in [0.717, 1.165) is 17.4 Å². The Morgan fingerprint density at radius 1 is 1.07 bits per heavy atom. The molecule has 144 valence electrons. The van der Waals surface area contributed by atoms with Crippen LogP contribution >= 0.6 is 12.4 Å². The quantitative estimate of drug-likeness (QED) is 0.388. The van der Waals surface area contributed by atoms with Gasteiger partial charge < -0.3 is 16.8 Å². The van der Waals surface area contributed by atoms with E-state index in [2.05, 4.69) is 47.6 Å². The predicted octanol–water partition coefficient (Wildman–Crippen LogP) is 2.32. The first-order valence-electron chi connectivity index (χ1n) is 8.56. The summed E-state index contributed by atoms with van der Waals surface area (Å²) in [6.07, 6.45) is 4.09. The number of nitrogens with zero attached hydrogens (tertiary/aromatic N) is 5. The van der Waals surface area contributed by atoms with Crippen LogP contribution in [-0.2, 0) is 0 Å². The van der Waals surface area contributed by atoms with Gasteiger partial charge in [0.25, 0.3) is 0 Å². The molecule has 28 heavy (non-hydrogen) atoms. The van der Waals surface area contributed by atoms with Crippen LogP contribution in [0.1, 0.15) is 18.0 Å². The third kappa shape index (κ3) is 4.00. The highest BCUT2D eigenvalue weighted by molar-refractivity contribution is 5.89. The number of hydrogen-bond donors (Lipinski definition) is 4. The summed E-state index contributed by atoms with van der Waals surface area (Å²) >= 11 is 0. The first-order chi connectivity index (χ1) is 13.2. The number of H-pyrrole nitrogens is 1. The Morgan fingerprint density at radius 3 is 2.68 bits per heavy atom. The minimum atomic E-state index is 0. The molecule has 4 rings (SSSR count). The maximum atomic E-state index is 5.78. The van der Waals surface area contributed by atoms with Gasteiger partial charge in [-0.3, -0.25) is 5.10 Å². The van der Waals surface area contributed by atoms with Crippen molar-refractivity contribution in [2.75, 3.05) is 17.6 Å². The zero-order valence-electron chi connectivity index (χ0n) is 14.9. The second-order valence-electron chi connectivity index (χ2n) is 6.01. The molecule has 0 saturated carbocycles. The van der Waals surface area contributed by atoms with Gasteiger partial charge in [-0.25, -0.2) is 15.0 Å². The van der Waals surface area contributed by atoms with E-state index >= 15 is 0 Å². The standard InChI is InChI=1S/C18H19N9.ClH/c19-8-6-13(11-4-2-1-3-5-11)23-18-21-9-7-14(24-18)15-12-10-22-17(20)25-16(12)27-26-15;/h1-5,7,9-10,13H,6,8,19H2,(H,21,23,24)(H3,20,22,25,26,27);1H. The molecule has 4 aromatic rings. The molecule has 9 nitrogen and oxygen atoms in total. The fraction of sp³-hybridized carbons (Fsp3) is 0.167. The molecule has 0 saturated heterocycles. The van der Waals surface area contributed by atoms with Crippen LogP contribution in [0.5, 0.6) is 0 Å². The zero-order chi connectivity index (χ0) is 18.6. The molecule has 3 heterocycles. The van der Waals surface area contributed by atoms with Gasteiger partial charge in [0.1, 0.15) is 0 Å². The maximum absolute atomic E-state index is 5.78. The average molecular weight is 398 g/mol. The SMILES string of the molecule is Cl.NCCC(Nc1nccc(-c2[nH]nc3nc(N)ncc23)n1)c1ccccc1. The summed E-state index contributed by atoms with van der Waals surface area (Å²) in [5, 5.41) is 11.2. The Balaban J connectivity index is 0.00000225. The largest absolute Gasteiger partial charge is 0.368 e. The highest BCUT2D eigenvalue weighted by Crippen LogP contribution is 2.25. The Kier molecular flexibility index (Phi) is 5.97. The monoisotopic (exact) mass is 397 g/mol. The molecule has 0 amide bonds. The summed E-state index contributed by atoms with van der Waals surface area (Å²) in [5.74, 6) is 0.687. The van der Waals surface area contributed by atoms with Crippen molar-refractivity contribution in [2.45, 2.75) is 12.5 Å². The number of nitrogens with one attached hydrogen (secondary N) is 2. The first-order valence-corrected chi connectivity index (χ1v) is 8.56. The lowest BCUT2D eigenvalue weighted by Gasteiger charge is -2.18. The van der Waals surface area contributed by atoms with Crippen LogP contribution in [0, 0.1) is 0 Å². The minimum absolute atomic E-state index is 0. The van der Waals surface area contributed by atoms with E-state index in [-0.39, 0.29) is 24.4 Å². The molecule has 10 heteroatoms. The molecule has 1 atom stereocenters. The number of nitrogens with two attached hydrogens (primary N) is 2. The Morgan fingerprint density at radius 2 is 1.89 bits per heavy atom. The topological polar surface area (TPSA) is 144 Å². The molecule has 0 spiro atoms. The second-order valence-corrected chi connectivity index (χ2v) is 6.01. The lowest BCUT2D eigenvalue weighted by molar-refractivity contribution is 0.696. The van der Waals surface area contributed by atoms with Gasteiger partial charge in [0.05, 0.1) is 22.8 Å². The van der Waals surface area contributed by atoms with Crippen molar-refractivity contribution in [3.63, 3.8) is 0 Å². The third-order valence-electron chi connectivity index (χ3n) is 4.20. The van der Waals surface area contributed by atoms with Crippen molar-refractivity contribution in [3.05, 3.63) is 54.4 Å². The molecule has 1 aromatic carbocycles. The number of aromatic nitrogens is 6. The van der Waals surface area contributed by atoms with Gasteiger partial charge in [-0.1, -0.05) is 30.3 Å². The van der Waals surface area contributed by atoms with Crippen LogP contribution in [0.25, 0.3) is 22.4 Å². The average Bonchev–Trinajstić information content (AvgIpc) is 3.11.